The monoisotopic (exact) mass is 391 g/mol. The van der Waals surface area contributed by atoms with Gasteiger partial charge in [-0.25, -0.2) is 9.50 Å². The number of aliphatic carboxylic acids is 1. The molecule has 0 atom stereocenters. The van der Waals surface area contributed by atoms with E-state index in [4.69, 9.17) is 16.7 Å². The first-order chi connectivity index (χ1) is 13.4. The second-order valence-electron chi connectivity index (χ2n) is 6.77. The topological polar surface area (TPSA) is 67.5 Å². The standard InChI is InChI=1S/C22H18ClN3O2/c1-13-6-8-15(9-7-13)22-18(11-21(27)28)14(2)24-20-12-19(25-26(20)22)16-4-3-5-17(23)10-16/h3-10,12H,11H2,1-2H3,(H,27,28). The molecule has 0 aliphatic heterocycles. The summed E-state index contributed by atoms with van der Waals surface area (Å²) in [5, 5.41) is 14.8. The maximum Gasteiger partial charge on any atom is 0.307 e. The number of benzene rings is 2. The minimum absolute atomic E-state index is 0.121. The number of hydrogen-bond donors (Lipinski definition) is 1. The molecule has 0 radical (unpaired) electrons. The van der Waals surface area contributed by atoms with Crippen molar-refractivity contribution in [3.63, 3.8) is 0 Å². The zero-order valence-electron chi connectivity index (χ0n) is 15.5. The predicted octanol–water partition coefficient (Wildman–Crippen LogP) is 4.96. The number of carboxylic acids is 1. The van der Waals surface area contributed by atoms with E-state index in [0.717, 1.165) is 28.1 Å². The van der Waals surface area contributed by atoms with Crippen LogP contribution in [-0.4, -0.2) is 25.7 Å². The van der Waals surface area contributed by atoms with E-state index in [1.165, 1.54) is 0 Å². The van der Waals surface area contributed by atoms with Crippen LogP contribution in [-0.2, 0) is 11.2 Å². The predicted molar refractivity (Wildman–Crippen MR) is 110 cm³/mol. The fourth-order valence-corrected chi connectivity index (χ4v) is 3.50. The molecule has 0 aliphatic rings. The van der Waals surface area contributed by atoms with Crippen molar-refractivity contribution in [2.24, 2.45) is 0 Å². The Balaban J connectivity index is 2.01. The third-order valence-corrected chi connectivity index (χ3v) is 4.92. The lowest BCUT2D eigenvalue weighted by Gasteiger charge is -2.13. The summed E-state index contributed by atoms with van der Waals surface area (Å²) in [6.07, 6.45) is -0.121. The third kappa shape index (κ3) is 3.37. The van der Waals surface area contributed by atoms with E-state index in [1.54, 1.807) is 4.52 Å². The number of carboxylic acid groups (broad SMARTS) is 1. The quantitative estimate of drug-likeness (QED) is 0.533. The molecule has 6 heteroatoms. The fourth-order valence-electron chi connectivity index (χ4n) is 3.31. The average molecular weight is 392 g/mol. The highest BCUT2D eigenvalue weighted by Crippen LogP contribution is 2.30. The number of carbonyl (C=O) groups is 1. The van der Waals surface area contributed by atoms with E-state index in [0.29, 0.717) is 21.9 Å². The largest absolute Gasteiger partial charge is 0.481 e. The Bertz CT molecular complexity index is 1200. The summed E-state index contributed by atoms with van der Waals surface area (Å²) in [5.41, 5.74) is 6.40. The molecule has 0 saturated heterocycles. The molecule has 0 unspecified atom stereocenters. The van der Waals surface area contributed by atoms with Crippen LogP contribution in [0, 0.1) is 13.8 Å². The molecule has 0 spiro atoms. The van der Waals surface area contributed by atoms with Crippen molar-refractivity contribution < 1.29 is 9.90 Å². The number of fused-ring (bicyclic) bond motifs is 1. The average Bonchev–Trinajstić information content (AvgIpc) is 3.06. The van der Waals surface area contributed by atoms with Crippen molar-refractivity contribution in [3.05, 3.63) is 76.4 Å². The molecule has 2 heterocycles. The van der Waals surface area contributed by atoms with Crippen LogP contribution in [0.1, 0.15) is 16.8 Å². The van der Waals surface area contributed by atoms with Crippen LogP contribution in [0.3, 0.4) is 0 Å². The van der Waals surface area contributed by atoms with E-state index >= 15 is 0 Å². The van der Waals surface area contributed by atoms with Gasteiger partial charge in [-0.15, -0.1) is 0 Å². The highest BCUT2D eigenvalue weighted by molar-refractivity contribution is 6.30. The van der Waals surface area contributed by atoms with Gasteiger partial charge in [-0.1, -0.05) is 53.6 Å². The summed E-state index contributed by atoms with van der Waals surface area (Å²) in [6.45, 7) is 3.85. The van der Waals surface area contributed by atoms with Crippen molar-refractivity contribution in [1.29, 1.82) is 0 Å². The first-order valence-electron chi connectivity index (χ1n) is 8.86. The molecule has 2 aromatic carbocycles. The van der Waals surface area contributed by atoms with Crippen LogP contribution in [0.15, 0.2) is 54.6 Å². The Morgan fingerprint density at radius 1 is 1.07 bits per heavy atom. The van der Waals surface area contributed by atoms with Crippen LogP contribution < -0.4 is 0 Å². The Morgan fingerprint density at radius 2 is 1.82 bits per heavy atom. The zero-order valence-corrected chi connectivity index (χ0v) is 16.2. The second-order valence-corrected chi connectivity index (χ2v) is 7.21. The van der Waals surface area contributed by atoms with Crippen molar-refractivity contribution in [2.45, 2.75) is 20.3 Å². The van der Waals surface area contributed by atoms with Gasteiger partial charge in [-0.3, -0.25) is 4.79 Å². The second kappa shape index (κ2) is 7.09. The number of aromatic nitrogens is 3. The van der Waals surface area contributed by atoms with E-state index in [9.17, 15) is 9.90 Å². The van der Waals surface area contributed by atoms with Crippen molar-refractivity contribution in [1.82, 2.24) is 14.6 Å². The van der Waals surface area contributed by atoms with Gasteiger partial charge in [-0.05, 0) is 26.0 Å². The highest BCUT2D eigenvalue weighted by atomic mass is 35.5. The molecule has 5 nitrogen and oxygen atoms in total. The van der Waals surface area contributed by atoms with Gasteiger partial charge in [0.15, 0.2) is 5.65 Å². The molecule has 2 aromatic heterocycles. The highest BCUT2D eigenvalue weighted by Gasteiger charge is 2.19. The van der Waals surface area contributed by atoms with Crippen LogP contribution in [0.4, 0.5) is 0 Å². The number of rotatable bonds is 4. The van der Waals surface area contributed by atoms with Gasteiger partial charge in [0.25, 0.3) is 0 Å². The normalized spacial score (nSPS) is 11.1. The van der Waals surface area contributed by atoms with Crippen molar-refractivity contribution in [3.8, 4) is 22.5 Å². The zero-order chi connectivity index (χ0) is 19.8. The van der Waals surface area contributed by atoms with Crippen LogP contribution in [0.2, 0.25) is 5.02 Å². The van der Waals surface area contributed by atoms with E-state index in [1.807, 2.05) is 68.4 Å². The molecule has 0 saturated carbocycles. The van der Waals surface area contributed by atoms with Crippen molar-refractivity contribution >= 4 is 23.2 Å². The molecule has 1 N–H and O–H groups in total. The van der Waals surface area contributed by atoms with Gasteiger partial charge in [0.2, 0.25) is 0 Å². The molecule has 28 heavy (non-hydrogen) atoms. The summed E-state index contributed by atoms with van der Waals surface area (Å²) in [6, 6.07) is 17.3. The number of hydrogen-bond acceptors (Lipinski definition) is 3. The maximum absolute atomic E-state index is 11.5. The van der Waals surface area contributed by atoms with Gasteiger partial charge in [0, 0.05) is 33.5 Å². The van der Waals surface area contributed by atoms with Gasteiger partial charge in [0.1, 0.15) is 0 Å². The fraction of sp³-hybridized carbons (Fsp3) is 0.136. The summed E-state index contributed by atoms with van der Waals surface area (Å²) in [5.74, 6) is -0.903. The molecule has 0 bridgehead atoms. The Labute approximate surface area is 167 Å². The van der Waals surface area contributed by atoms with Gasteiger partial charge >= 0.3 is 5.97 Å². The van der Waals surface area contributed by atoms with Gasteiger partial charge in [-0.2, -0.15) is 5.10 Å². The lowest BCUT2D eigenvalue weighted by Crippen LogP contribution is -2.10. The molecular formula is C22H18ClN3O2. The minimum Gasteiger partial charge on any atom is -0.481 e. The molecule has 0 fully saturated rings. The molecule has 0 aliphatic carbocycles. The van der Waals surface area contributed by atoms with Crippen LogP contribution in [0.5, 0.6) is 0 Å². The number of aryl methyl sites for hydroxylation is 2. The molecule has 140 valence electrons. The SMILES string of the molecule is Cc1ccc(-c2c(CC(=O)O)c(C)nc3cc(-c4cccc(Cl)c4)nn23)cc1. The summed E-state index contributed by atoms with van der Waals surface area (Å²) >= 11 is 6.13. The Morgan fingerprint density at radius 3 is 2.50 bits per heavy atom. The maximum atomic E-state index is 11.5. The van der Waals surface area contributed by atoms with Crippen molar-refractivity contribution in [2.75, 3.05) is 0 Å². The first kappa shape index (κ1) is 18.2. The van der Waals surface area contributed by atoms with Gasteiger partial charge < -0.3 is 5.11 Å². The Kier molecular flexibility index (Phi) is 4.61. The summed E-state index contributed by atoms with van der Waals surface area (Å²) < 4.78 is 1.73. The van der Waals surface area contributed by atoms with Crippen LogP contribution >= 0.6 is 11.6 Å². The Hall–Kier alpha value is -3.18. The smallest absolute Gasteiger partial charge is 0.307 e. The molecule has 4 aromatic rings. The molecule has 0 amide bonds. The van der Waals surface area contributed by atoms with E-state index in [-0.39, 0.29) is 6.42 Å². The summed E-state index contributed by atoms with van der Waals surface area (Å²) in [4.78, 5) is 16.1. The lowest BCUT2D eigenvalue weighted by atomic mass is 10.0. The first-order valence-corrected chi connectivity index (χ1v) is 9.24. The minimum atomic E-state index is -0.903. The van der Waals surface area contributed by atoms with Gasteiger partial charge in [0.05, 0.1) is 17.8 Å². The van der Waals surface area contributed by atoms with E-state index in [2.05, 4.69) is 4.98 Å². The third-order valence-electron chi connectivity index (χ3n) is 4.68. The number of halogens is 1. The molecule has 4 rings (SSSR count). The number of nitrogens with zero attached hydrogens (tertiary/aromatic N) is 3. The lowest BCUT2D eigenvalue weighted by molar-refractivity contribution is -0.136. The molecular weight excluding hydrogens is 374 g/mol. The van der Waals surface area contributed by atoms with E-state index < -0.39 is 5.97 Å². The summed E-state index contributed by atoms with van der Waals surface area (Å²) in [7, 11) is 0. The van der Waals surface area contributed by atoms with Crippen LogP contribution in [0.25, 0.3) is 28.2 Å².